The van der Waals surface area contributed by atoms with Gasteiger partial charge in [-0.05, 0) is 53.5 Å². The first-order valence-electron chi connectivity index (χ1n) is 6.41. The number of sulfonamides is 1. The molecule has 0 spiro atoms. The van der Waals surface area contributed by atoms with Crippen LogP contribution in [-0.4, -0.2) is 26.8 Å². The Kier molecular flexibility index (Phi) is 6.78. The van der Waals surface area contributed by atoms with Crippen molar-refractivity contribution >= 4 is 43.2 Å². The number of hydrogen-bond donors (Lipinski definition) is 2. The molecule has 0 aliphatic carbocycles. The third-order valence-electron chi connectivity index (χ3n) is 2.66. The van der Waals surface area contributed by atoms with Crippen molar-refractivity contribution in [2.24, 2.45) is 0 Å². The molecule has 1 rings (SSSR count). The summed E-state index contributed by atoms with van der Waals surface area (Å²) in [5.41, 5.74) is 1.36. The minimum absolute atomic E-state index is 0.0741. The van der Waals surface area contributed by atoms with Crippen LogP contribution in [0.25, 0.3) is 0 Å². The number of nitrogens with one attached hydrogen (secondary N) is 2. The standard InChI is InChI=1S/C13H20BrClN2O2S/c1-9(2)16-5-4-6-20(18,19)17-13-8-12(15)10(3)7-11(13)14/h7-9,16-17H,4-6H2,1-3H3. The quantitative estimate of drug-likeness (QED) is 0.708. The van der Waals surface area contributed by atoms with E-state index in [4.69, 9.17) is 11.6 Å². The van der Waals surface area contributed by atoms with Crippen molar-refractivity contribution in [1.82, 2.24) is 5.32 Å². The van der Waals surface area contributed by atoms with E-state index in [-0.39, 0.29) is 5.75 Å². The van der Waals surface area contributed by atoms with E-state index in [9.17, 15) is 8.42 Å². The van der Waals surface area contributed by atoms with Gasteiger partial charge in [-0.1, -0.05) is 25.4 Å². The molecule has 4 nitrogen and oxygen atoms in total. The first kappa shape index (κ1) is 17.8. The Morgan fingerprint density at radius 1 is 1.35 bits per heavy atom. The molecule has 0 aliphatic heterocycles. The van der Waals surface area contributed by atoms with E-state index >= 15 is 0 Å². The van der Waals surface area contributed by atoms with Crippen molar-refractivity contribution in [1.29, 1.82) is 0 Å². The van der Waals surface area contributed by atoms with Crippen molar-refractivity contribution in [3.63, 3.8) is 0 Å². The fraction of sp³-hybridized carbons (Fsp3) is 0.538. The van der Waals surface area contributed by atoms with E-state index in [1.54, 1.807) is 12.1 Å². The Morgan fingerprint density at radius 2 is 2.00 bits per heavy atom. The SMILES string of the molecule is Cc1cc(Br)c(NS(=O)(=O)CCCNC(C)C)cc1Cl. The zero-order valence-electron chi connectivity index (χ0n) is 11.8. The summed E-state index contributed by atoms with van der Waals surface area (Å²) in [7, 11) is -3.36. The van der Waals surface area contributed by atoms with E-state index < -0.39 is 10.0 Å². The Labute approximate surface area is 134 Å². The van der Waals surface area contributed by atoms with E-state index in [2.05, 4.69) is 26.0 Å². The van der Waals surface area contributed by atoms with Gasteiger partial charge in [-0.15, -0.1) is 0 Å². The zero-order chi connectivity index (χ0) is 15.3. The number of hydrogen-bond acceptors (Lipinski definition) is 3. The number of anilines is 1. The highest BCUT2D eigenvalue weighted by Gasteiger charge is 2.13. The molecular weight excluding hydrogens is 364 g/mol. The van der Waals surface area contributed by atoms with Gasteiger partial charge in [0.1, 0.15) is 0 Å². The van der Waals surface area contributed by atoms with Gasteiger partial charge in [-0.3, -0.25) is 4.72 Å². The lowest BCUT2D eigenvalue weighted by Crippen LogP contribution is -2.26. The van der Waals surface area contributed by atoms with Gasteiger partial charge in [0.2, 0.25) is 10.0 Å². The van der Waals surface area contributed by atoms with Crippen molar-refractivity contribution in [3.05, 3.63) is 27.2 Å². The summed E-state index contributed by atoms with van der Waals surface area (Å²) >= 11 is 9.35. The zero-order valence-corrected chi connectivity index (χ0v) is 15.0. The molecule has 0 atom stereocenters. The monoisotopic (exact) mass is 382 g/mol. The Hall–Kier alpha value is -0.300. The van der Waals surface area contributed by atoms with Gasteiger partial charge in [0.15, 0.2) is 0 Å². The number of benzene rings is 1. The molecule has 0 fully saturated rings. The van der Waals surface area contributed by atoms with Gasteiger partial charge < -0.3 is 5.32 Å². The van der Waals surface area contributed by atoms with Crippen molar-refractivity contribution < 1.29 is 8.42 Å². The predicted molar refractivity (Wildman–Crippen MR) is 89.1 cm³/mol. The summed E-state index contributed by atoms with van der Waals surface area (Å²) in [4.78, 5) is 0. The number of halogens is 2. The van der Waals surface area contributed by atoms with Crippen LogP contribution in [0.5, 0.6) is 0 Å². The fourth-order valence-corrected chi connectivity index (χ4v) is 3.58. The van der Waals surface area contributed by atoms with Crippen molar-refractivity contribution in [2.75, 3.05) is 17.0 Å². The second kappa shape index (κ2) is 7.64. The molecule has 0 unspecified atom stereocenters. The molecule has 0 amide bonds. The lowest BCUT2D eigenvalue weighted by atomic mass is 10.2. The summed E-state index contributed by atoms with van der Waals surface area (Å²) in [6.07, 6.45) is 0.560. The van der Waals surface area contributed by atoms with Crippen LogP contribution in [-0.2, 0) is 10.0 Å². The maximum Gasteiger partial charge on any atom is 0.232 e. The maximum absolute atomic E-state index is 12.0. The van der Waals surface area contributed by atoms with Crippen molar-refractivity contribution in [2.45, 2.75) is 33.2 Å². The average molecular weight is 384 g/mol. The lowest BCUT2D eigenvalue weighted by Gasteiger charge is -2.12. The van der Waals surface area contributed by atoms with Crippen LogP contribution >= 0.6 is 27.5 Å². The Morgan fingerprint density at radius 3 is 2.60 bits per heavy atom. The van der Waals surface area contributed by atoms with Crippen LogP contribution in [0, 0.1) is 6.92 Å². The molecule has 0 bridgehead atoms. The molecular formula is C13H20BrClN2O2S. The topological polar surface area (TPSA) is 58.2 Å². The van der Waals surface area contributed by atoms with E-state index in [0.29, 0.717) is 34.2 Å². The molecule has 1 aromatic rings. The molecule has 20 heavy (non-hydrogen) atoms. The third kappa shape index (κ3) is 5.99. The highest BCUT2D eigenvalue weighted by Crippen LogP contribution is 2.29. The molecule has 0 heterocycles. The predicted octanol–water partition coefficient (Wildman–Crippen LogP) is 3.54. The Bertz CT molecular complexity index is 562. The number of aryl methyl sites for hydroxylation is 1. The molecule has 1 aromatic carbocycles. The molecule has 2 N–H and O–H groups in total. The first-order chi connectivity index (χ1) is 9.21. The van der Waals surface area contributed by atoms with Gasteiger partial charge in [-0.25, -0.2) is 8.42 Å². The first-order valence-corrected chi connectivity index (χ1v) is 9.23. The van der Waals surface area contributed by atoms with Gasteiger partial charge in [-0.2, -0.15) is 0 Å². The third-order valence-corrected chi connectivity index (χ3v) is 5.08. The lowest BCUT2D eigenvalue weighted by molar-refractivity contribution is 0.571. The maximum atomic E-state index is 12.0. The van der Waals surface area contributed by atoms with Crippen LogP contribution in [0.3, 0.4) is 0 Å². The second-order valence-corrected chi connectivity index (χ2v) is 8.07. The van der Waals surface area contributed by atoms with Crippen LogP contribution in [0.1, 0.15) is 25.8 Å². The van der Waals surface area contributed by atoms with Gasteiger partial charge in [0.25, 0.3) is 0 Å². The van der Waals surface area contributed by atoms with Crippen LogP contribution in [0.4, 0.5) is 5.69 Å². The fourth-order valence-electron chi connectivity index (χ4n) is 1.60. The number of rotatable bonds is 7. The normalized spacial score (nSPS) is 11.9. The molecule has 7 heteroatoms. The summed E-state index contributed by atoms with van der Waals surface area (Å²) in [5.74, 6) is 0.0741. The van der Waals surface area contributed by atoms with Crippen LogP contribution in [0.15, 0.2) is 16.6 Å². The summed E-state index contributed by atoms with van der Waals surface area (Å²) in [5, 5.41) is 3.72. The molecule has 0 aromatic heterocycles. The van der Waals surface area contributed by atoms with Crippen LogP contribution < -0.4 is 10.0 Å². The largest absolute Gasteiger partial charge is 0.314 e. The molecule has 114 valence electrons. The minimum atomic E-state index is -3.36. The smallest absolute Gasteiger partial charge is 0.232 e. The van der Waals surface area contributed by atoms with Crippen molar-refractivity contribution in [3.8, 4) is 0 Å². The molecule has 0 saturated carbocycles. The highest BCUT2D eigenvalue weighted by molar-refractivity contribution is 9.10. The van der Waals surface area contributed by atoms with E-state index in [1.165, 1.54) is 0 Å². The molecule has 0 saturated heterocycles. The van der Waals surface area contributed by atoms with E-state index in [1.807, 2.05) is 20.8 Å². The summed E-state index contributed by atoms with van der Waals surface area (Å²) < 4.78 is 27.2. The second-order valence-electron chi connectivity index (χ2n) is 4.96. The van der Waals surface area contributed by atoms with Gasteiger partial charge >= 0.3 is 0 Å². The molecule has 0 aliphatic rings. The van der Waals surface area contributed by atoms with Crippen LogP contribution in [0.2, 0.25) is 5.02 Å². The highest BCUT2D eigenvalue weighted by atomic mass is 79.9. The average Bonchev–Trinajstić information content (AvgIpc) is 2.31. The summed E-state index contributed by atoms with van der Waals surface area (Å²) in [6, 6.07) is 3.77. The van der Waals surface area contributed by atoms with E-state index in [0.717, 1.165) is 5.56 Å². The van der Waals surface area contributed by atoms with Gasteiger partial charge in [0.05, 0.1) is 11.4 Å². The Balaban J connectivity index is 2.65. The summed E-state index contributed by atoms with van der Waals surface area (Å²) in [6.45, 7) is 6.59. The minimum Gasteiger partial charge on any atom is -0.314 e. The van der Waals surface area contributed by atoms with Gasteiger partial charge in [0, 0.05) is 15.5 Å². The molecule has 0 radical (unpaired) electrons.